The SMILES string of the molecule is CC(C)(C)OC(=O)NC(C=O)(CO)Cc1ccc(-c2cc(Cl)nc(N)n2)cc1. The number of carbonyl (C=O) groups is 2. The number of amides is 1. The highest BCUT2D eigenvalue weighted by atomic mass is 35.5. The number of aliphatic hydroxyl groups is 1. The normalized spacial score (nSPS) is 13.5. The Bertz CT molecular complexity index is 832. The minimum atomic E-state index is -1.49. The second-order valence-electron chi connectivity index (χ2n) is 7.37. The van der Waals surface area contributed by atoms with Crippen molar-refractivity contribution in [3.63, 3.8) is 0 Å². The molecule has 0 aliphatic rings. The third kappa shape index (κ3) is 5.90. The Hall–Kier alpha value is -2.71. The second-order valence-corrected chi connectivity index (χ2v) is 7.75. The molecule has 0 aliphatic carbocycles. The summed E-state index contributed by atoms with van der Waals surface area (Å²) in [6.07, 6.45) is -0.189. The molecule has 0 fully saturated rings. The van der Waals surface area contributed by atoms with Gasteiger partial charge in [-0.15, -0.1) is 0 Å². The van der Waals surface area contributed by atoms with Crippen molar-refractivity contribution in [2.75, 3.05) is 12.3 Å². The average Bonchev–Trinajstić information content (AvgIpc) is 2.59. The third-order valence-corrected chi connectivity index (χ3v) is 3.93. The van der Waals surface area contributed by atoms with Gasteiger partial charge in [-0.2, -0.15) is 0 Å². The zero-order valence-corrected chi connectivity index (χ0v) is 16.7. The maximum absolute atomic E-state index is 12.0. The van der Waals surface area contributed by atoms with E-state index >= 15 is 0 Å². The number of aromatic nitrogens is 2. The monoisotopic (exact) mass is 406 g/mol. The van der Waals surface area contributed by atoms with E-state index in [9.17, 15) is 14.7 Å². The lowest BCUT2D eigenvalue weighted by molar-refractivity contribution is -0.115. The van der Waals surface area contributed by atoms with E-state index in [0.29, 0.717) is 17.5 Å². The molecule has 8 nitrogen and oxygen atoms in total. The van der Waals surface area contributed by atoms with Gasteiger partial charge < -0.3 is 25.7 Å². The Morgan fingerprint density at radius 1 is 1.29 bits per heavy atom. The summed E-state index contributed by atoms with van der Waals surface area (Å²) >= 11 is 5.90. The highest BCUT2D eigenvalue weighted by molar-refractivity contribution is 6.29. The molecular formula is C19H23ClN4O4. The number of benzene rings is 1. The second kappa shape index (κ2) is 8.53. The topological polar surface area (TPSA) is 127 Å². The van der Waals surface area contributed by atoms with Crippen LogP contribution >= 0.6 is 11.6 Å². The minimum absolute atomic E-state index is 0.0633. The molecule has 9 heteroatoms. The van der Waals surface area contributed by atoms with Crippen LogP contribution in [0.2, 0.25) is 5.15 Å². The van der Waals surface area contributed by atoms with Gasteiger partial charge in [0.05, 0.1) is 12.3 Å². The molecule has 1 amide bonds. The summed E-state index contributed by atoms with van der Waals surface area (Å²) < 4.78 is 5.18. The van der Waals surface area contributed by atoms with Gasteiger partial charge in [0.1, 0.15) is 22.6 Å². The number of alkyl carbamates (subject to hydrolysis) is 1. The first-order chi connectivity index (χ1) is 13.1. The molecule has 2 aromatic rings. The predicted octanol–water partition coefficient (Wildman–Crippen LogP) is 2.38. The minimum Gasteiger partial charge on any atom is -0.444 e. The molecular weight excluding hydrogens is 384 g/mol. The molecule has 0 saturated carbocycles. The van der Waals surface area contributed by atoms with Crippen LogP contribution in [0.1, 0.15) is 26.3 Å². The Kier molecular flexibility index (Phi) is 6.58. The number of aldehydes is 1. The molecule has 4 N–H and O–H groups in total. The van der Waals surface area contributed by atoms with Gasteiger partial charge in [-0.05, 0) is 26.3 Å². The molecule has 0 saturated heterocycles. The van der Waals surface area contributed by atoms with Gasteiger partial charge in [-0.3, -0.25) is 0 Å². The fraction of sp³-hybridized carbons (Fsp3) is 0.368. The van der Waals surface area contributed by atoms with E-state index in [4.69, 9.17) is 22.1 Å². The molecule has 1 heterocycles. The number of anilines is 1. The molecule has 2 rings (SSSR count). The van der Waals surface area contributed by atoms with E-state index in [1.54, 1.807) is 51.1 Å². The summed E-state index contributed by atoms with van der Waals surface area (Å²) in [5.74, 6) is 0.0633. The molecule has 28 heavy (non-hydrogen) atoms. The summed E-state index contributed by atoms with van der Waals surface area (Å²) in [4.78, 5) is 31.6. The first-order valence-corrected chi connectivity index (χ1v) is 8.91. The molecule has 0 bridgehead atoms. The number of halogens is 1. The van der Waals surface area contributed by atoms with E-state index in [2.05, 4.69) is 15.3 Å². The average molecular weight is 407 g/mol. The van der Waals surface area contributed by atoms with E-state index in [-0.39, 0.29) is 17.5 Å². The lowest BCUT2D eigenvalue weighted by Gasteiger charge is -2.29. The first kappa shape index (κ1) is 21.6. The highest BCUT2D eigenvalue weighted by Gasteiger charge is 2.33. The molecule has 0 radical (unpaired) electrons. The van der Waals surface area contributed by atoms with Gasteiger partial charge in [0.25, 0.3) is 0 Å². The third-order valence-electron chi connectivity index (χ3n) is 3.74. The summed E-state index contributed by atoms with van der Waals surface area (Å²) in [6, 6.07) is 8.64. The van der Waals surface area contributed by atoms with Crippen molar-refractivity contribution in [1.82, 2.24) is 15.3 Å². The molecule has 1 aromatic carbocycles. The Morgan fingerprint density at radius 3 is 2.43 bits per heavy atom. The van der Waals surface area contributed by atoms with E-state index < -0.39 is 23.8 Å². The van der Waals surface area contributed by atoms with Crippen LogP contribution in [0.3, 0.4) is 0 Å². The summed E-state index contributed by atoms with van der Waals surface area (Å²) in [5.41, 5.74) is 5.41. The predicted molar refractivity (Wildman–Crippen MR) is 106 cm³/mol. The number of nitrogens with zero attached hydrogens (tertiary/aromatic N) is 2. The fourth-order valence-corrected chi connectivity index (χ4v) is 2.69. The van der Waals surface area contributed by atoms with Gasteiger partial charge in [-0.1, -0.05) is 35.9 Å². The van der Waals surface area contributed by atoms with E-state index in [0.717, 1.165) is 5.56 Å². The Balaban J connectivity index is 2.19. The molecule has 1 unspecified atom stereocenters. The molecule has 150 valence electrons. The van der Waals surface area contributed by atoms with Gasteiger partial charge >= 0.3 is 6.09 Å². The van der Waals surface area contributed by atoms with Crippen LogP contribution in [-0.2, 0) is 16.0 Å². The Labute approximate surface area is 168 Å². The van der Waals surface area contributed by atoms with Crippen molar-refractivity contribution in [2.24, 2.45) is 0 Å². The number of rotatable bonds is 6. The van der Waals surface area contributed by atoms with Gasteiger partial charge in [0.15, 0.2) is 0 Å². The molecule has 1 atom stereocenters. The summed E-state index contributed by atoms with van der Waals surface area (Å²) in [6.45, 7) is 4.55. The van der Waals surface area contributed by atoms with Gasteiger partial charge in [0.2, 0.25) is 5.95 Å². The van der Waals surface area contributed by atoms with E-state index in [1.807, 2.05) is 0 Å². The summed E-state index contributed by atoms with van der Waals surface area (Å²) in [5, 5.41) is 12.4. The first-order valence-electron chi connectivity index (χ1n) is 8.53. The lowest BCUT2D eigenvalue weighted by atomic mass is 9.92. The number of hydrogen-bond donors (Lipinski definition) is 3. The number of hydrogen-bond acceptors (Lipinski definition) is 7. The largest absolute Gasteiger partial charge is 0.444 e. The standard InChI is InChI=1S/C19H23ClN4O4/c1-18(2,3)28-17(27)24-19(10-25,11-26)9-12-4-6-13(7-5-12)14-8-15(20)23-16(21)22-14/h4-8,10,26H,9,11H2,1-3H3,(H,24,27)(H2,21,22,23). The lowest BCUT2D eigenvalue weighted by Crippen LogP contribution is -2.55. The van der Waals surface area contributed by atoms with Crippen molar-refractivity contribution in [1.29, 1.82) is 0 Å². The van der Waals surface area contributed by atoms with Crippen LogP contribution in [0.25, 0.3) is 11.3 Å². The van der Waals surface area contributed by atoms with Crippen molar-refractivity contribution in [2.45, 2.75) is 38.3 Å². The fourth-order valence-electron chi connectivity index (χ4n) is 2.50. The van der Waals surface area contributed by atoms with Gasteiger partial charge in [-0.25, -0.2) is 14.8 Å². The van der Waals surface area contributed by atoms with Crippen LogP contribution in [0, 0.1) is 0 Å². The highest BCUT2D eigenvalue weighted by Crippen LogP contribution is 2.22. The summed E-state index contributed by atoms with van der Waals surface area (Å²) in [7, 11) is 0. The number of nitrogen functional groups attached to an aromatic ring is 1. The van der Waals surface area contributed by atoms with Crippen molar-refractivity contribution >= 4 is 29.9 Å². The van der Waals surface area contributed by atoms with Crippen molar-refractivity contribution in [3.8, 4) is 11.3 Å². The zero-order valence-electron chi connectivity index (χ0n) is 15.9. The van der Waals surface area contributed by atoms with Crippen LogP contribution in [0.15, 0.2) is 30.3 Å². The molecule has 1 aromatic heterocycles. The maximum atomic E-state index is 12.0. The number of aliphatic hydroxyl groups excluding tert-OH is 1. The Morgan fingerprint density at radius 2 is 1.93 bits per heavy atom. The number of carbonyl (C=O) groups excluding carboxylic acids is 2. The number of nitrogens with two attached hydrogens (primary N) is 1. The quantitative estimate of drug-likeness (QED) is 0.496. The number of nitrogens with one attached hydrogen (secondary N) is 1. The van der Waals surface area contributed by atoms with Crippen LogP contribution in [0.4, 0.5) is 10.7 Å². The maximum Gasteiger partial charge on any atom is 0.408 e. The van der Waals surface area contributed by atoms with Crippen LogP contribution in [-0.4, -0.2) is 45.2 Å². The van der Waals surface area contributed by atoms with E-state index in [1.165, 1.54) is 0 Å². The van der Waals surface area contributed by atoms with Crippen LogP contribution in [0.5, 0.6) is 0 Å². The van der Waals surface area contributed by atoms with Gasteiger partial charge in [0, 0.05) is 18.1 Å². The van der Waals surface area contributed by atoms with Crippen LogP contribution < -0.4 is 11.1 Å². The molecule has 0 aliphatic heterocycles. The van der Waals surface area contributed by atoms with Crippen molar-refractivity contribution in [3.05, 3.63) is 41.0 Å². The van der Waals surface area contributed by atoms with Crippen molar-refractivity contribution < 1.29 is 19.4 Å². The number of ether oxygens (including phenoxy) is 1. The smallest absolute Gasteiger partial charge is 0.408 e. The zero-order chi connectivity index (χ0) is 20.9. The molecule has 0 spiro atoms.